The third-order valence-electron chi connectivity index (χ3n) is 5.03. The molecule has 0 aliphatic rings. The fourth-order valence-corrected chi connectivity index (χ4v) is 4.82. The molecule has 8 heteroatoms. The summed E-state index contributed by atoms with van der Waals surface area (Å²) in [6.45, 7) is 0.174. The van der Waals surface area contributed by atoms with Crippen LogP contribution in [0.2, 0.25) is 0 Å². The summed E-state index contributed by atoms with van der Waals surface area (Å²) in [4.78, 5) is 18.4. The number of para-hydroxylation sites is 2. The molecular formula is C24H17FN4OS2. The van der Waals surface area contributed by atoms with Crippen molar-refractivity contribution >= 4 is 39.9 Å². The summed E-state index contributed by atoms with van der Waals surface area (Å²) in [5.74, 6) is -0.00755. The van der Waals surface area contributed by atoms with Crippen LogP contribution in [0.3, 0.4) is 0 Å². The topological polar surface area (TPSA) is 51.9 Å². The normalized spacial score (nSPS) is 11.0. The zero-order chi connectivity index (χ0) is 22.1. The lowest BCUT2D eigenvalue weighted by molar-refractivity contribution is 0.612. The largest absolute Gasteiger partial charge is 0.351 e. The molecule has 158 valence electrons. The minimum absolute atomic E-state index is 0.174. The van der Waals surface area contributed by atoms with E-state index in [1.165, 1.54) is 22.0 Å². The number of halogens is 1. The van der Waals surface area contributed by atoms with Crippen molar-refractivity contribution in [3.8, 4) is 11.4 Å². The maximum Gasteiger partial charge on any atom is 0.279 e. The van der Waals surface area contributed by atoms with Gasteiger partial charge in [-0.15, -0.1) is 0 Å². The van der Waals surface area contributed by atoms with Gasteiger partial charge in [0.2, 0.25) is 5.95 Å². The van der Waals surface area contributed by atoms with Crippen LogP contribution < -0.4 is 10.9 Å². The Balaban J connectivity index is 1.73. The molecule has 32 heavy (non-hydrogen) atoms. The summed E-state index contributed by atoms with van der Waals surface area (Å²) in [5, 5.41) is 3.16. The Morgan fingerprint density at radius 3 is 2.12 bits per heavy atom. The number of rotatable bonds is 5. The first-order valence-electron chi connectivity index (χ1n) is 9.90. The van der Waals surface area contributed by atoms with Crippen molar-refractivity contribution in [2.75, 3.05) is 5.32 Å². The van der Waals surface area contributed by atoms with Gasteiger partial charge in [-0.25, -0.2) is 8.96 Å². The molecule has 0 saturated carbocycles. The molecule has 0 fully saturated rings. The quantitative estimate of drug-likeness (QED) is 0.341. The predicted octanol–water partition coefficient (Wildman–Crippen LogP) is 5.72. The highest BCUT2D eigenvalue weighted by molar-refractivity contribution is 7.73. The zero-order valence-electron chi connectivity index (χ0n) is 16.7. The molecule has 0 bridgehead atoms. The van der Waals surface area contributed by atoms with Crippen LogP contribution in [-0.4, -0.2) is 14.1 Å². The van der Waals surface area contributed by atoms with Crippen molar-refractivity contribution in [3.05, 3.63) is 111 Å². The number of anilines is 1. The van der Waals surface area contributed by atoms with Gasteiger partial charge >= 0.3 is 0 Å². The van der Waals surface area contributed by atoms with E-state index in [9.17, 15) is 9.18 Å². The zero-order valence-corrected chi connectivity index (χ0v) is 18.4. The van der Waals surface area contributed by atoms with Gasteiger partial charge in [-0.2, -0.15) is 4.98 Å². The maximum absolute atomic E-state index is 14.2. The van der Waals surface area contributed by atoms with Gasteiger partial charge in [0, 0.05) is 17.8 Å². The minimum atomic E-state index is -0.322. The molecule has 0 amide bonds. The van der Waals surface area contributed by atoms with E-state index in [1.807, 2.05) is 60.7 Å². The summed E-state index contributed by atoms with van der Waals surface area (Å²) < 4.78 is 18.5. The van der Waals surface area contributed by atoms with E-state index in [0.717, 1.165) is 5.69 Å². The number of fused-ring (bicyclic) bond motifs is 1. The molecule has 3 aromatic carbocycles. The van der Waals surface area contributed by atoms with Crippen molar-refractivity contribution in [2.24, 2.45) is 0 Å². The SMILES string of the molecule is O=c1c2sc(=S)n(-c3ccccc3)c2nc(NCc2ccccc2F)n1-c1ccccc1. The summed E-state index contributed by atoms with van der Waals surface area (Å²) in [6.07, 6.45) is 0. The van der Waals surface area contributed by atoms with E-state index >= 15 is 0 Å². The molecule has 5 aromatic rings. The number of hydrogen-bond acceptors (Lipinski definition) is 5. The Morgan fingerprint density at radius 2 is 1.47 bits per heavy atom. The van der Waals surface area contributed by atoms with E-state index in [1.54, 1.807) is 22.8 Å². The number of aromatic nitrogens is 3. The monoisotopic (exact) mass is 460 g/mol. The summed E-state index contributed by atoms with van der Waals surface area (Å²) >= 11 is 6.81. The van der Waals surface area contributed by atoms with Crippen LogP contribution in [0.5, 0.6) is 0 Å². The predicted molar refractivity (Wildman–Crippen MR) is 129 cm³/mol. The average molecular weight is 461 g/mol. The molecule has 0 atom stereocenters. The van der Waals surface area contributed by atoms with Crippen molar-refractivity contribution in [1.82, 2.24) is 14.1 Å². The molecule has 0 aliphatic heterocycles. The van der Waals surface area contributed by atoms with Crippen LogP contribution in [-0.2, 0) is 6.54 Å². The Hall–Kier alpha value is -3.62. The number of thiazole rings is 1. The summed E-state index contributed by atoms with van der Waals surface area (Å²) in [6, 6.07) is 25.3. The Kier molecular flexibility index (Phi) is 5.38. The smallest absolute Gasteiger partial charge is 0.279 e. The average Bonchev–Trinajstić information content (AvgIpc) is 3.16. The van der Waals surface area contributed by atoms with E-state index in [4.69, 9.17) is 17.2 Å². The van der Waals surface area contributed by atoms with Gasteiger partial charge in [-0.05, 0) is 42.5 Å². The second-order valence-corrected chi connectivity index (χ2v) is 8.69. The van der Waals surface area contributed by atoms with Gasteiger partial charge in [0.05, 0.1) is 5.69 Å². The van der Waals surface area contributed by atoms with Gasteiger partial charge in [0.15, 0.2) is 9.60 Å². The van der Waals surface area contributed by atoms with Crippen molar-refractivity contribution in [3.63, 3.8) is 0 Å². The molecule has 0 aliphatic carbocycles. The van der Waals surface area contributed by atoms with Crippen molar-refractivity contribution < 1.29 is 4.39 Å². The molecule has 5 nitrogen and oxygen atoms in total. The van der Waals surface area contributed by atoms with Crippen molar-refractivity contribution in [2.45, 2.75) is 6.54 Å². The first-order valence-corrected chi connectivity index (χ1v) is 11.1. The molecule has 0 spiro atoms. The van der Waals surface area contributed by atoms with Gasteiger partial charge in [-0.1, -0.05) is 65.9 Å². The molecule has 5 rings (SSSR count). The highest BCUT2D eigenvalue weighted by Crippen LogP contribution is 2.26. The molecule has 2 heterocycles. The molecule has 0 unspecified atom stereocenters. The second kappa shape index (κ2) is 8.49. The highest BCUT2D eigenvalue weighted by atomic mass is 32.1. The molecule has 0 saturated heterocycles. The van der Waals surface area contributed by atoms with Crippen LogP contribution in [0.1, 0.15) is 5.56 Å². The van der Waals surface area contributed by atoms with Gasteiger partial charge in [-0.3, -0.25) is 9.36 Å². The van der Waals surface area contributed by atoms with E-state index in [2.05, 4.69) is 5.32 Å². The fourth-order valence-electron chi connectivity index (χ4n) is 3.51. The lowest BCUT2D eigenvalue weighted by Crippen LogP contribution is -2.23. The number of nitrogens with one attached hydrogen (secondary N) is 1. The van der Waals surface area contributed by atoms with E-state index in [-0.39, 0.29) is 17.9 Å². The van der Waals surface area contributed by atoms with E-state index in [0.29, 0.717) is 31.5 Å². The minimum Gasteiger partial charge on any atom is -0.351 e. The number of nitrogens with zero attached hydrogens (tertiary/aromatic N) is 3. The molecule has 0 radical (unpaired) electrons. The van der Waals surface area contributed by atoms with Crippen LogP contribution >= 0.6 is 23.6 Å². The molecular weight excluding hydrogens is 443 g/mol. The Morgan fingerprint density at radius 1 is 0.875 bits per heavy atom. The molecule has 1 N–H and O–H groups in total. The van der Waals surface area contributed by atoms with Crippen LogP contribution in [0.25, 0.3) is 21.7 Å². The molecule has 2 aromatic heterocycles. The lowest BCUT2D eigenvalue weighted by atomic mass is 10.2. The fraction of sp³-hybridized carbons (Fsp3) is 0.0417. The van der Waals surface area contributed by atoms with E-state index < -0.39 is 0 Å². The highest BCUT2D eigenvalue weighted by Gasteiger charge is 2.18. The van der Waals surface area contributed by atoms with Crippen LogP contribution in [0.4, 0.5) is 10.3 Å². The Labute approximate surface area is 192 Å². The van der Waals surface area contributed by atoms with Gasteiger partial charge in [0.1, 0.15) is 10.5 Å². The van der Waals surface area contributed by atoms with Crippen LogP contribution in [0, 0.1) is 9.77 Å². The third-order valence-corrected chi connectivity index (χ3v) is 6.38. The third kappa shape index (κ3) is 3.63. The van der Waals surface area contributed by atoms with Crippen LogP contribution in [0.15, 0.2) is 89.7 Å². The second-order valence-electron chi connectivity index (χ2n) is 7.05. The number of hydrogen-bond donors (Lipinski definition) is 1. The van der Waals surface area contributed by atoms with Gasteiger partial charge < -0.3 is 5.32 Å². The standard InChI is InChI=1S/C24H17FN4OS2/c25-19-14-8-7-9-16(19)15-26-23-27-21-20(22(30)29(23)18-12-5-2-6-13-18)32-24(31)28(21)17-10-3-1-4-11-17/h1-14H,15H2,(H,26,27). The summed E-state index contributed by atoms with van der Waals surface area (Å²) in [5.41, 5.74) is 2.20. The number of benzene rings is 3. The lowest BCUT2D eigenvalue weighted by Gasteiger charge is -2.15. The first kappa shape index (κ1) is 20.3. The van der Waals surface area contributed by atoms with Crippen molar-refractivity contribution in [1.29, 1.82) is 0 Å². The first-order chi connectivity index (χ1) is 15.6. The summed E-state index contributed by atoms with van der Waals surface area (Å²) in [7, 11) is 0. The maximum atomic E-state index is 14.2. The Bertz CT molecular complexity index is 1530. The van der Waals surface area contributed by atoms with Gasteiger partial charge in [0.25, 0.3) is 5.56 Å².